The summed E-state index contributed by atoms with van der Waals surface area (Å²) in [5.41, 5.74) is 1.73. The minimum Gasteiger partial charge on any atom is -0.360 e. The molecule has 74 valence electrons. The lowest BCUT2D eigenvalue weighted by atomic mass is 10.3. The van der Waals surface area contributed by atoms with E-state index in [-0.39, 0.29) is 0 Å². The molecule has 3 nitrogen and oxygen atoms in total. The lowest BCUT2D eigenvalue weighted by Gasteiger charge is -1.98. The van der Waals surface area contributed by atoms with Crippen molar-refractivity contribution < 1.29 is 0 Å². The molecule has 0 fully saturated rings. The quantitative estimate of drug-likeness (QED) is 0.940. The number of nitrogens with one attached hydrogen (secondary N) is 1. The first kappa shape index (κ1) is 10.1. The number of hydrogen-bond acceptors (Lipinski definition) is 5. The van der Waals surface area contributed by atoms with Gasteiger partial charge in [-0.1, -0.05) is 11.3 Å². The summed E-state index contributed by atoms with van der Waals surface area (Å²) in [6.07, 6.45) is 1.02. The molecule has 2 heterocycles. The fraction of sp³-hybridized carbons (Fsp3) is 0.250. The third-order valence-electron chi connectivity index (χ3n) is 1.64. The fourth-order valence-electron chi connectivity index (χ4n) is 1.03. The maximum atomic E-state index is 3.90. The fourth-order valence-corrected chi connectivity index (χ4v) is 2.99. The van der Waals surface area contributed by atoms with Gasteiger partial charge in [0.25, 0.3) is 0 Å². The highest BCUT2D eigenvalue weighted by Crippen LogP contribution is 2.22. The predicted octanol–water partition coefficient (Wildman–Crippen LogP) is 3.02. The first-order chi connectivity index (χ1) is 6.84. The van der Waals surface area contributed by atoms with Crippen LogP contribution in [0.5, 0.6) is 0 Å². The molecule has 0 saturated carbocycles. The minimum atomic E-state index is 0.889. The molecule has 2 rings (SSSR count). The van der Waals surface area contributed by atoms with E-state index in [1.54, 1.807) is 16.8 Å². The Morgan fingerprint density at radius 2 is 2.36 bits per heavy atom. The van der Waals surface area contributed by atoms with Gasteiger partial charge in [-0.2, -0.15) is 0 Å². The average Bonchev–Trinajstić information content (AvgIpc) is 2.77. The van der Waals surface area contributed by atoms with Crippen LogP contribution in [0, 0.1) is 0 Å². The summed E-state index contributed by atoms with van der Waals surface area (Å²) in [5.74, 6) is 0. The van der Waals surface area contributed by atoms with Crippen LogP contribution < -0.4 is 5.32 Å². The van der Waals surface area contributed by atoms with Crippen LogP contribution in [0.3, 0.4) is 0 Å². The van der Waals surface area contributed by atoms with Crippen molar-refractivity contribution in [2.24, 2.45) is 0 Å². The lowest BCUT2D eigenvalue weighted by molar-refractivity contribution is 1.01. The molecule has 0 spiro atoms. The SMILES string of the molecule is Brc1ccc(CCNc2nncs2)s1. The molecule has 0 bridgehead atoms. The Hall–Kier alpha value is -0.460. The van der Waals surface area contributed by atoms with Gasteiger partial charge >= 0.3 is 0 Å². The van der Waals surface area contributed by atoms with Crippen LogP contribution in [-0.4, -0.2) is 16.7 Å². The molecule has 0 aliphatic rings. The Balaban J connectivity index is 1.78. The number of halogens is 1. The van der Waals surface area contributed by atoms with Crippen molar-refractivity contribution in [1.82, 2.24) is 10.2 Å². The Bertz CT molecular complexity index is 385. The van der Waals surface area contributed by atoms with E-state index in [0.29, 0.717) is 0 Å². The second-order valence-corrected chi connectivity index (χ2v) is 6.01. The number of aromatic nitrogens is 2. The Labute approximate surface area is 98.3 Å². The minimum absolute atomic E-state index is 0.889. The first-order valence-electron chi connectivity index (χ1n) is 4.09. The molecular formula is C8H8BrN3S2. The molecule has 0 aromatic carbocycles. The van der Waals surface area contributed by atoms with Gasteiger partial charge in [0.05, 0.1) is 3.79 Å². The molecular weight excluding hydrogens is 282 g/mol. The standard InChI is InChI=1S/C8H8BrN3S2/c9-7-2-1-6(14-7)3-4-10-8-12-11-5-13-8/h1-2,5H,3-4H2,(H,10,12). The molecule has 0 aliphatic carbocycles. The van der Waals surface area contributed by atoms with Crippen LogP contribution >= 0.6 is 38.6 Å². The van der Waals surface area contributed by atoms with Crippen molar-refractivity contribution in [2.45, 2.75) is 6.42 Å². The van der Waals surface area contributed by atoms with Crippen LogP contribution in [0.1, 0.15) is 4.88 Å². The molecule has 0 aliphatic heterocycles. The van der Waals surface area contributed by atoms with E-state index in [4.69, 9.17) is 0 Å². The molecule has 0 unspecified atom stereocenters. The van der Waals surface area contributed by atoms with Gasteiger partial charge in [-0.05, 0) is 34.5 Å². The van der Waals surface area contributed by atoms with Crippen LogP contribution in [0.2, 0.25) is 0 Å². The predicted molar refractivity (Wildman–Crippen MR) is 64.1 cm³/mol. The molecule has 6 heteroatoms. The van der Waals surface area contributed by atoms with Gasteiger partial charge in [0.1, 0.15) is 5.51 Å². The van der Waals surface area contributed by atoms with E-state index in [0.717, 1.165) is 18.1 Å². The summed E-state index contributed by atoms with van der Waals surface area (Å²) in [6, 6.07) is 4.21. The Morgan fingerprint density at radius 1 is 1.43 bits per heavy atom. The molecule has 14 heavy (non-hydrogen) atoms. The van der Waals surface area contributed by atoms with Crippen molar-refractivity contribution in [1.29, 1.82) is 0 Å². The summed E-state index contributed by atoms with van der Waals surface area (Å²) in [7, 11) is 0. The molecule has 0 radical (unpaired) electrons. The van der Waals surface area contributed by atoms with Crippen molar-refractivity contribution >= 4 is 43.7 Å². The van der Waals surface area contributed by atoms with Crippen molar-refractivity contribution in [3.05, 3.63) is 26.3 Å². The van der Waals surface area contributed by atoms with Gasteiger partial charge < -0.3 is 5.32 Å². The maximum absolute atomic E-state index is 3.90. The third kappa shape index (κ3) is 2.76. The Morgan fingerprint density at radius 3 is 3.00 bits per heavy atom. The third-order valence-corrected chi connectivity index (χ3v) is 3.97. The number of rotatable bonds is 4. The second kappa shape index (κ2) is 4.86. The van der Waals surface area contributed by atoms with Gasteiger partial charge in [0, 0.05) is 11.4 Å². The van der Waals surface area contributed by atoms with Crippen LogP contribution in [0.25, 0.3) is 0 Å². The van der Waals surface area contributed by atoms with E-state index >= 15 is 0 Å². The maximum Gasteiger partial charge on any atom is 0.205 e. The van der Waals surface area contributed by atoms with E-state index in [9.17, 15) is 0 Å². The van der Waals surface area contributed by atoms with E-state index < -0.39 is 0 Å². The zero-order valence-electron chi connectivity index (χ0n) is 7.24. The van der Waals surface area contributed by atoms with Gasteiger partial charge in [-0.3, -0.25) is 0 Å². The first-order valence-corrected chi connectivity index (χ1v) is 6.58. The molecule has 0 atom stereocenters. The summed E-state index contributed by atoms with van der Waals surface area (Å²) in [5, 5.41) is 11.8. The summed E-state index contributed by atoms with van der Waals surface area (Å²) >= 11 is 6.73. The van der Waals surface area contributed by atoms with Gasteiger partial charge in [-0.15, -0.1) is 21.5 Å². The van der Waals surface area contributed by atoms with E-state index in [1.165, 1.54) is 20.0 Å². The van der Waals surface area contributed by atoms with Crippen molar-refractivity contribution in [3.63, 3.8) is 0 Å². The monoisotopic (exact) mass is 289 g/mol. The van der Waals surface area contributed by atoms with Crippen LogP contribution in [0.4, 0.5) is 5.13 Å². The molecule has 2 aromatic heterocycles. The number of thiophene rings is 1. The van der Waals surface area contributed by atoms with Crippen molar-refractivity contribution in [3.8, 4) is 0 Å². The summed E-state index contributed by atoms with van der Waals surface area (Å²) in [6.45, 7) is 0.905. The lowest BCUT2D eigenvalue weighted by Crippen LogP contribution is -2.03. The molecule has 0 amide bonds. The summed E-state index contributed by atoms with van der Waals surface area (Å²) < 4.78 is 1.18. The zero-order valence-corrected chi connectivity index (χ0v) is 10.5. The van der Waals surface area contributed by atoms with Gasteiger partial charge in [0.2, 0.25) is 5.13 Å². The summed E-state index contributed by atoms with van der Waals surface area (Å²) in [4.78, 5) is 1.37. The highest BCUT2D eigenvalue weighted by atomic mass is 79.9. The number of hydrogen-bond donors (Lipinski definition) is 1. The van der Waals surface area contributed by atoms with E-state index in [2.05, 4.69) is 43.6 Å². The highest BCUT2D eigenvalue weighted by Gasteiger charge is 1.98. The largest absolute Gasteiger partial charge is 0.360 e. The topological polar surface area (TPSA) is 37.8 Å². The molecule has 2 aromatic rings. The Kier molecular flexibility index (Phi) is 3.49. The van der Waals surface area contributed by atoms with E-state index in [1.807, 2.05) is 0 Å². The molecule has 1 N–H and O–H groups in total. The van der Waals surface area contributed by atoms with Gasteiger partial charge in [-0.25, -0.2) is 0 Å². The van der Waals surface area contributed by atoms with Crippen LogP contribution in [-0.2, 0) is 6.42 Å². The average molecular weight is 290 g/mol. The zero-order chi connectivity index (χ0) is 9.80. The number of nitrogens with zero attached hydrogens (tertiary/aromatic N) is 2. The molecule has 0 saturated heterocycles. The van der Waals surface area contributed by atoms with Crippen LogP contribution in [0.15, 0.2) is 21.4 Å². The normalized spacial score (nSPS) is 10.4. The van der Waals surface area contributed by atoms with Gasteiger partial charge in [0.15, 0.2) is 0 Å². The van der Waals surface area contributed by atoms with Crippen molar-refractivity contribution in [2.75, 3.05) is 11.9 Å². The smallest absolute Gasteiger partial charge is 0.205 e. The number of anilines is 1. The second-order valence-electron chi connectivity index (χ2n) is 2.63. The highest BCUT2D eigenvalue weighted by molar-refractivity contribution is 9.11.